The highest BCUT2D eigenvalue weighted by Crippen LogP contribution is 2.15. The summed E-state index contributed by atoms with van der Waals surface area (Å²) in [5.41, 5.74) is 1.02. The van der Waals surface area contributed by atoms with E-state index in [2.05, 4.69) is 15.4 Å². The van der Waals surface area contributed by atoms with Crippen molar-refractivity contribution in [1.82, 2.24) is 14.6 Å². The maximum absolute atomic E-state index is 11.5. The quantitative estimate of drug-likeness (QED) is 0.890. The van der Waals surface area contributed by atoms with Crippen LogP contribution in [-0.2, 0) is 4.79 Å². The van der Waals surface area contributed by atoms with E-state index in [1.807, 2.05) is 26.2 Å². The van der Waals surface area contributed by atoms with Crippen LogP contribution in [0.5, 0.6) is 0 Å². The van der Waals surface area contributed by atoms with Crippen LogP contribution >= 0.6 is 11.3 Å². The zero-order valence-corrected chi connectivity index (χ0v) is 10.3. The minimum Gasteiger partial charge on any atom is -0.293 e. The van der Waals surface area contributed by atoms with Gasteiger partial charge in [-0.15, -0.1) is 16.4 Å². The van der Waals surface area contributed by atoms with Crippen molar-refractivity contribution in [2.75, 3.05) is 5.32 Å². The first-order valence-corrected chi connectivity index (χ1v) is 6.05. The Kier molecular flexibility index (Phi) is 2.91. The van der Waals surface area contributed by atoms with E-state index in [1.54, 1.807) is 4.52 Å². The van der Waals surface area contributed by atoms with Crippen LogP contribution in [0.25, 0.3) is 4.96 Å². The molecule has 2 aromatic heterocycles. The number of nitrogens with one attached hydrogen (secondary N) is 1. The number of rotatable bonds is 3. The molecule has 0 unspecified atom stereocenters. The molecule has 0 aliphatic carbocycles. The summed E-state index contributed by atoms with van der Waals surface area (Å²) in [4.78, 5) is 16.5. The lowest BCUT2D eigenvalue weighted by Gasteiger charge is -2.02. The number of nitrogens with zero attached hydrogens (tertiary/aromatic N) is 3. The van der Waals surface area contributed by atoms with Crippen molar-refractivity contribution in [2.45, 2.75) is 27.2 Å². The molecule has 0 bridgehead atoms. The molecule has 0 saturated carbocycles. The topological polar surface area (TPSA) is 59.3 Å². The van der Waals surface area contributed by atoms with E-state index < -0.39 is 0 Å². The molecule has 0 aromatic carbocycles. The Morgan fingerprint density at radius 2 is 2.38 bits per heavy atom. The predicted molar refractivity (Wildman–Crippen MR) is 63.7 cm³/mol. The summed E-state index contributed by atoms with van der Waals surface area (Å²) in [6.07, 6.45) is 0.492. The number of carbonyl (C=O) groups is 1. The zero-order valence-electron chi connectivity index (χ0n) is 9.52. The Hall–Kier alpha value is -1.43. The maximum atomic E-state index is 11.5. The first-order chi connectivity index (χ1) is 7.56. The molecule has 2 heterocycles. The second-order valence-corrected chi connectivity index (χ2v) is 4.99. The van der Waals surface area contributed by atoms with Gasteiger partial charge in [-0.05, 0) is 12.8 Å². The summed E-state index contributed by atoms with van der Waals surface area (Å²) in [5, 5.41) is 8.89. The number of aryl methyl sites for hydroxylation is 1. The van der Waals surface area contributed by atoms with Crippen LogP contribution in [-0.4, -0.2) is 20.5 Å². The standard InChI is InChI=1S/C10H14N4OS/c1-6(2)4-8(15)11-9-12-10-14(13-9)7(3)5-16-10/h5-6H,4H2,1-3H3,(H,11,13,15). The van der Waals surface area contributed by atoms with Crippen LogP contribution in [0.3, 0.4) is 0 Å². The Balaban J connectivity index is 2.12. The summed E-state index contributed by atoms with van der Waals surface area (Å²) in [6, 6.07) is 0. The third kappa shape index (κ3) is 2.21. The minimum absolute atomic E-state index is 0.0362. The largest absolute Gasteiger partial charge is 0.293 e. The van der Waals surface area contributed by atoms with E-state index in [9.17, 15) is 4.79 Å². The van der Waals surface area contributed by atoms with E-state index >= 15 is 0 Å². The molecule has 0 radical (unpaired) electrons. The van der Waals surface area contributed by atoms with Gasteiger partial charge in [0.2, 0.25) is 16.8 Å². The van der Waals surface area contributed by atoms with Gasteiger partial charge in [0.1, 0.15) is 0 Å². The van der Waals surface area contributed by atoms with Crippen molar-refractivity contribution in [3.8, 4) is 0 Å². The number of hydrogen-bond donors (Lipinski definition) is 1. The molecule has 1 N–H and O–H groups in total. The van der Waals surface area contributed by atoms with Crippen molar-refractivity contribution < 1.29 is 4.79 Å². The van der Waals surface area contributed by atoms with E-state index in [0.717, 1.165) is 10.7 Å². The maximum Gasteiger partial charge on any atom is 0.250 e. The molecular weight excluding hydrogens is 224 g/mol. The molecule has 1 amide bonds. The number of aromatic nitrogens is 3. The van der Waals surface area contributed by atoms with Crippen LogP contribution in [0, 0.1) is 12.8 Å². The van der Waals surface area contributed by atoms with Gasteiger partial charge in [0, 0.05) is 11.8 Å². The van der Waals surface area contributed by atoms with Gasteiger partial charge in [-0.3, -0.25) is 10.1 Å². The monoisotopic (exact) mass is 238 g/mol. The highest BCUT2D eigenvalue weighted by molar-refractivity contribution is 7.15. The SMILES string of the molecule is Cc1csc2nc(NC(=O)CC(C)C)nn12. The highest BCUT2D eigenvalue weighted by atomic mass is 32.1. The van der Waals surface area contributed by atoms with Gasteiger partial charge in [0.15, 0.2) is 0 Å². The molecule has 0 spiro atoms. The molecule has 2 aromatic rings. The first kappa shape index (κ1) is 11.1. The number of thiazole rings is 1. The molecule has 0 atom stereocenters. The third-order valence-corrected chi connectivity index (χ3v) is 3.03. The second kappa shape index (κ2) is 4.21. The number of hydrogen-bond acceptors (Lipinski definition) is 4. The lowest BCUT2D eigenvalue weighted by molar-refractivity contribution is -0.116. The van der Waals surface area contributed by atoms with Crippen LogP contribution in [0.4, 0.5) is 5.95 Å². The third-order valence-electron chi connectivity index (χ3n) is 2.09. The van der Waals surface area contributed by atoms with Crippen molar-refractivity contribution >= 4 is 28.2 Å². The summed E-state index contributed by atoms with van der Waals surface area (Å²) < 4.78 is 1.73. The molecular formula is C10H14N4OS. The van der Waals surface area contributed by atoms with Gasteiger partial charge in [-0.25, -0.2) is 4.52 Å². The van der Waals surface area contributed by atoms with Crippen LogP contribution in [0.15, 0.2) is 5.38 Å². The lowest BCUT2D eigenvalue weighted by atomic mass is 10.1. The van der Waals surface area contributed by atoms with Gasteiger partial charge < -0.3 is 0 Å². The smallest absolute Gasteiger partial charge is 0.250 e. The zero-order chi connectivity index (χ0) is 11.7. The molecule has 16 heavy (non-hydrogen) atoms. The van der Waals surface area contributed by atoms with Crippen molar-refractivity contribution in [2.24, 2.45) is 5.92 Å². The molecule has 86 valence electrons. The number of anilines is 1. The fraction of sp³-hybridized carbons (Fsp3) is 0.500. The second-order valence-electron chi connectivity index (χ2n) is 4.15. The van der Waals surface area contributed by atoms with E-state index in [0.29, 0.717) is 18.3 Å². The summed E-state index contributed by atoms with van der Waals surface area (Å²) in [7, 11) is 0. The molecule has 0 saturated heterocycles. The molecule has 2 rings (SSSR count). The number of fused-ring (bicyclic) bond motifs is 1. The molecule has 6 heteroatoms. The molecule has 0 aliphatic rings. The predicted octanol–water partition coefficient (Wildman–Crippen LogP) is 2.08. The fourth-order valence-electron chi connectivity index (χ4n) is 1.39. The van der Waals surface area contributed by atoms with Gasteiger partial charge >= 0.3 is 0 Å². The van der Waals surface area contributed by atoms with Crippen molar-refractivity contribution in [3.05, 3.63) is 11.1 Å². The number of carbonyl (C=O) groups excluding carboxylic acids is 1. The fourth-order valence-corrected chi connectivity index (χ4v) is 2.19. The lowest BCUT2D eigenvalue weighted by Crippen LogP contribution is -2.14. The minimum atomic E-state index is -0.0362. The van der Waals surface area contributed by atoms with Crippen molar-refractivity contribution in [1.29, 1.82) is 0 Å². The van der Waals surface area contributed by atoms with Gasteiger partial charge in [-0.2, -0.15) is 4.98 Å². The Labute approximate surface area is 97.5 Å². The molecule has 5 nitrogen and oxygen atoms in total. The van der Waals surface area contributed by atoms with Crippen LogP contribution in [0.2, 0.25) is 0 Å². The Bertz CT molecular complexity index is 514. The average Bonchev–Trinajstić information content (AvgIpc) is 2.67. The normalized spacial score (nSPS) is 11.2. The van der Waals surface area contributed by atoms with Gasteiger partial charge in [-0.1, -0.05) is 13.8 Å². The first-order valence-electron chi connectivity index (χ1n) is 5.17. The average molecular weight is 238 g/mol. The Morgan fingerprint density at radius 3 is 3.00 bits per heavy atom. The summed E-state index contributed by atoms with van der Waals surface area (Å²) in [5.74, 6) is 0.692. The Morgan fingerprint density at radius 1 is 1.62 bits per heavy atom. The van der Waals surface area contributed by atoms with Crippen LogP contribution < -0.4 is 5.32 Å². The summed E-state index contributed by atoms with van der Waals surface area (Å²) in [6.45, 7) is 5.96. The van der Waals surface area contributed by atoms with E-state index in [4.69, 9.17) is 0 Å². The molecule has 0 aliphatic heterocycles. The van der Waals surface area contributed by atoms with Gasteiger partial charge in [0.25, 0.3) is 0 Å². The van der Waals surface area contributed by atoms with E-state index in [-0.39, 0.29) is 5.91 Å². The van der Waals surface area contributed by atoms with Crippen molar-refractivity contribution in [3.63, 3.8) is 0 Å². The van der Waals surface area contributed by atoms with E-state index in [1.165, 1.54) is 11.3 Å². The number of amides is 1. The van der Waals surface area contributed by atoms with Crippen LogP contribution in [0.1, 0.15) is 26.0 Å². The highest BCUT2D eigenvalue weighted by Gasteiger charge is 2.11. The summed E-state index contributed by atoms with van der Waals surface area (Å²) >= 11 is 1.51. The molecule has 0 fully saturated rings. The van der Waals surface area contributed by atoms with Gasteiger partial charge in [0.05, 0.1) is 5.69 Å².